The highest BCUT2D eigenvalue weighted by molar-refractivity contribution is 6.17. The van der Waals surface area contributed by atoms with E-state index in [-0.39, 0.29) is 30.2 Å². The first-order valence-corrected chi connectivity index (χ1v) is 8.16. The first-order valence-electron chi connectivity index (χ1n) is 7.62. The zero-order valence-electron chi connectivity index (χ0n) is 13.8. The number of alkyl halides is 1. The lowest BCUT2D eigenvalue weighted by molar-refractivity contribution is -0.386. The Kier molecular flexibility index (Phi) is 6.10. The fourth-order valence-corrected chi connectivity index (χ4v) is 2.99. The van der Waals surface area contributed by atoms with Gasteiger partial charge in [0, 0.05) is 23.6 Å². The molecule has 1 heterocycles. The summed E-state index contributed by atoms with van der Waals surface area (Å²) < 4.78 is 19.5. The Hall–Kier alpha value is -2.74. The quantitative estimate of drug-likeness (QED) is 0.425. The van der Waals surface area contributed by atoms with Crippen molar-refractivity contribution in [1.29, 1.82) is 0 Å². The molecular formula is C17H16ClFN2O5. The van der Waals surface area contributed by atoms with Gasteiger partial charge in [-0.3, -0.25) is 14.9 Å². The van der Waals surface area contributed by atoms with Gasteiger partial charge in [-0.05, 0) is 18.9 Å². The number of hydrogen-bond donors (Lipinski definition) is 1. The number of halogens is 2. The second-order valence-electron chi connectivity index (χ2n) is 5.46. The molecule has 0 bridgehead atoms. The first kappa shape index (κ1) is 19.6. The first-order chi connectivity index (χ1) is 12.4. The molecule has 9 heteroatoms. The third-order valence-corrected chi connectivity index (χ3v) is 4.31. The van der Waals surface area contributed by atoms with Crippen molar-refractivity contribution in [3.63, 3.8) is 0 Å². The highest BCUT2D eigenvalue weighted by atomic mass is 35.5. The van der Waals surface area contributed by atoms with Gasteiger partial charge in [0.05, 0.1) is 12.0 Å². The number of rotatable bonds is 8. The lowest BCUT2D eigenvalue weighted by Crippen LogP contribution is -2.39. The number of aromatic nitrogens is 1. The van der Waals surface area contributed by atoms with Crippen molar-refractivity contribution < 1.29 is 24.0 Å². The molecule has 1 atom stereocenters. The summed E-state index contributed by atoms with van der Waals surface area (Å²) in [6, 6.07) is 7.59. The average molecular weight is 383 g/mol. The maximum Gasteiger partial charge on any atom is 0.320 e. The lowest BCUT2D eigenvalue weighted by atomic mass is 9.73. The zero-order chi connectivity index (χ0) is 19.3. The predicted octanol–water partition coefficient (Wildman–Crippen LogP) is 3.53. The van der Waals surface area contributed by atoms with E-state index in [1.165, 1.54) is 31.4 Å². The van der Waals surface area contributed by atoms with E-state index in [9.17, 15) is 24.4 Å². The van der Waals surface area contributed by atoms with E-state index in [0.717, 1.165) is 12.1 Å². The molecule has 1 unspecified atom stereocenters. The number of pyridine rings is 1. The number of ether oxygens (including phenoxy) is 1. The summed E-state index contributed by atoms with van der Waals surface area (Å²) in [6.07, 6.45) is 0.00596. The second kappa shape index (κ2) is 8.09. The normalized spacial score (nSPS) is 13.0. The molecule has 1 N–H and O–H groups in total. The summed E-state index contributed by atoms with van der Waals surface area (Å²) in [4.78, 5) is 27.1. The fraction of sp³-hybridized carbons (Fsp3) is 0.294. The molecule has 26 heavy (non-hydrogen) atoms. The standard InChI is InChI=1S/C17H16ClFN2O5/c1-26-14-8-7-13(21(24)25)15(20-14)17(16(22)23,9-4-10-18)11-5-2-3-6-12(11)19/h2-3,5-8H,4,9-10H2,1H3,(H,22,23). The molecule has 0 radical (unpaired) electrons. The van der Waals surface area contributed by atoms with Gasteiger partial charge in [0.2, 0.25) is 5.88 Å². The number of nitrogens with zero attached hydrogens (tertiary/aromatic N) is 2. The number of methoxy groups -OCH3 is 1. The van der Waals surface area contributed by atoms with Crippen LogP contribution in [0.2, 0.25) is 0 Å². The monoisotopic (exact) mass is 382 g/mol. The highest BCUT2D eigenvalue weighted by Crippen LogP contribution is 2.42. The van der Waals surface area contributed by atoms with Crippen LogP contribution in [0.15, 0.2) is 36.4 Å². The third kappa shape index (κ3) is 3.45. The Morgan fingerprint density at radius 1 is 1.38 bits per heavy atom. The molecule has 2 aromatic rings. The number of benzene rings is 1. The van der Waals surface area contributed by atoms with Crippen molar-refractivity contribution in [3.05, 3.63) is 63.6 Å². The Balaban J connectivity index is 2.90. The summed E-state index contributed by atoms with van der Waals surface area (Å²) in [7, 11) is 1.29. The fourth-order valence-electron chi connectivity index (χ4n) is 2.85. The largest absolute Gasteiger partial charge is 0.481 e. The van der Waals surface area contributed by atoms with Gasteiger partial charge < -0.3 is 9.84 Å². The van der Waals surface area contributed by atoms with Gasteiger partial charge in [-0.25, -0.2) is 9.37 Å². The molecule has 2 rings (SSSR count). The minimum atomic E-state index is -2.09. The summed E-state index contributed by atoms with van der Waals surface area (Å²) in [5.41, 5.74) is -3.24. The molecule has 0 saturated carbocycles. The Morgan fingerprint density at radius 2 is 2.08 bits per heavy atom. The molecule has 1 aromatic carbocycles. The van der Waals surface area contributed by atoms with Crippen LogP contribution in [0.3, 0.4) is 0 Å². The number of nitro groups is 1. The van der Waals surface area contributed by atoms with Gasteiger partial charge in [0.15, 0.2) is 0 Å². The van der Waals surface area contributed by atoms with Gasteiger partial charge in [0.1, 0.15) is 16.9 Å². The van der Waals surface area contributed by atoms with Crippen LogP contribution in [0, 0.1) is 15.9 Å². The summed E-state index contributed by atoms with van der Waals surface area (Å²) in [6.45, 7) is 0. The van der Waals surface area contributed by atoms with E-state index in [1.807, 2.05) is 0 Å². The van der Waals surface area contributed by atoms with Crippen LogP contribution >= 0.6 is 11.6 Å². The van der Waals surface area contributed by atoms with Crippen LogP contribution in [0.1, 0.15) is 24.1 Å². The van der Waals surface area contributed by atoms with Gasteiger partial charge in [-0.2, -0.15) is 0 Å². The van der Waals surface area contributed by atoms with Crippen LogP contribution in [-0.4, -0.2) is 34.0 Å². The molecule has 0 spiro atoms. The summed E-state index contributed by atoms with van der Waals surface area (Å²) in [5.74, 6) is -2.18. The third-order valence-electron chi connectivity index (χ3n) is 4.04. The maximum atomic E-state index is 14.5. The molecule has 0 aliphatic carbocycles. The molecule has 0 fully saturated rings. The van der Waals surface area contributed by atoms with E-state index < -0.39 is 33.5 Å². The molecule has 7 nitrogen and oxygen atoms in total. The van der Waals surface area contributed by atoms with Crippen molar-refractivity contribution in [3.8, 4) is 5.88 Å². The highest BCUT2D eigenvalue weighted by Gasteiger charge is 2.49. The van der Waals surface area contributed by atoms with Crippen molar-refractivity contribution in [2.75, 3.05) is 13.0 Å². The van der Waals surface area contributed by atoms with Crippen molar-refractivity contribution >= 4 is 23.3 Å². The molecule has 0 saturated heterocycles. The number of carbonyl (C=O) groups is 1. The zero-order valence-corrected chi connectivity index (χ0v) is 14.6. The number of carboxylic acids is 1. The summed E-state index contributed by atoms with van der Waals surface area (Å²) in [5, 5.41) is 21.5. The molecule has 0 amide bonds. The Labute approximate surface area is 153 Å². The number of hydrogen-bond acceptors (Lipinski definition) is 5. The maximum absolute atomic E-state index is 14.5. The lowest BCUT2D eigenvalue weighted by Gasteiger charge is -2.29. The molecule has 0 aliphatic heterocycles. The Morgan fingerprint density at radius 3 is 2.62 bits per heavy atom. The molecule has 1 aromatic heterocycles. The van der Waals surface area contributed by atoms with E-state index in [0.29, 0.717) is 0 Å². The minimum Gasteiger partial charge on any atom is -0.481 e. The van der Waals surface area contributed by atoms with E-state index in [2.05, 4.69) is 4.98 Å². The van der Waals surface area contributed by atoms with Gasteiger partial charge in [-0.1, -0.05) is 18.2 Å². The predicted molar refractivity (Wildman–Crippen MR) is 92.2 cm³/mol. The smallest absolute Gasteiger partial charge is 0.320 e. The van der Waals surface area contributed by atoms with Crippen molar-refractivity contribution in [1.82, 2.24) is 4.98 Å². The van der Waals surface area contributed by atoms with Gasteiger partial charge in [-0.15, -0.1) is 11.6 Å². The Bertz CT molecular complexity index is 833. The van der Waals surface area contributed by atoms with E-state index >= 15 is 0 Å². The SMILES string of the molecule is COc1ccc([N+](=O)[O-])c(C(CCCCl)(C(=O)O)c2ccccc2F)n1. The van der Waals surface area contributed by atoms with Crippen molar-refractivity contribution in [2.45, 2.75) is 18.3 Å². The second-order valence-corrected chi connectivity index (χ2v) is 5.84. The van der Waals surface area contributed by atoms with Crippen LogP contribution in [0.5, 0.6) is 5.88 Å². The molecular weight excluding hydrogens is 367 g/mol. The van der Waals surface area contributed by atoms with Crippen LogP contribution in [0.4, 0.5) is 10.1 Å². The number of carboxylic acid groups (broad SMARTS) is 1. The average Bonchev–Trinajstić information content (AvgIpc) is 2.63. The van der Waals surface area contributed by atoms with Crippen LogP contribution in [-0.2, 0) is 10.2 Å². The number of aliphatic carboxylic acids is 1. The van der Waals surface area contributed by atoms with E-state index in [1.54, 1.807) is 0 Å². The summed E-state index contributed by atoms with van der Waals surface area (Å²) >= 11 is 5.72. The minimum absolute atomic E-state index is 0.0153. The van der Waals surface area contributed by atoms with E-state index in [4.69, 9.17) is 16.3 Å². The molecule has 0 aliphatic rings. The van der Waals surface area contributed by atoms with Crippen LogP contribution < -0.4 is 4.74 Å². The van der Waals surface area contributed by atoms with Crippen LogP contribution in [0.25, 0.3) is 0 Å². The van der Waals surface area contributed by atoms with Crippen molar-refractivity contribution in [2.24, 2.45) is 0 Å². The molecule has 138 valence electrons. The van der Waals surface area contributed by atoms with Gasteiger partial charge in [0.25, 0.3) is 5.69 Å². The van der Waals surface area contributed by atoms with Gasteiger partial charge >= 0.3 is 5.97 Å². The topological polar surface area (TPSA) is 103 Å².